The highest BCUT2D eigenvalue weighted by molar-refractivity contribution is 6.05. The summed E-state index contributed by atoms with van der Waals surface area (Å²) in [4.78, 5) is 52.3. The Hall–Kier alpha value is -5.51. The number of amidine groups is 1. The van der Waals surface area contributed by atoms with Gasteiger partial charge in [0, 0.05) is 54.7 Å². The topological polar surface area (TPSA) is 229 Å². The van der Waals surface area contributed by atoms with Gasteiger partial charge in [-0.1, -0.05) is 19.1 Å². The molecule has 0 saturated carbocycles. The molecular weight excluding hydrogens is 999 g/mol. The van der Waals surface area contributed by atoms with E-state index in [2.05, 4.69) is 20.0 Å². The lowest BCUT2D eigenvalue weighted by molar-refractivity contribution is -0.180. The Labute approximate surface area is 433 Å². The van der Waals surface area contributed by atoms with Crippen molar-refractivity contribution in [2.45, 2.75) is 33.1 Å². The predicted molar refractivity (Wildman–Crippen MR) is 264 cm³/mol. The highest BCUT2D eigenvalue weighted by atomic mass is 19.2. The zero-order valence-corrected chi connectivity index (χ0v) is 42.6. The third kappa shape index (κ3) is 24.4. The van der Waals surface area contributed by atoms with Crippen LogP contribution in [0.2, 0.25) is 0 Å². The molecular formula is C51H69F4N5O15. The lowest BCUT2D eigenvalue weighted by Gasteiger charge is -2.21. The van der Waals surface area contributed by atoms with Gasteiger partial charge >= 0.3 is 5.97 Å². The summed E-state index contributed by atoms with van der Waals surface area (Å²) in [5.74, 6) is -9.76. The maximum Gasteiger partial charge on any atom is 0.313 e. The number of aliphatic imine (C=N–C) groups is 1. The van der Waals surface area contributed by atoms with E-state index >= 15 is 0 Å². The summed E-state index contributed by atoms with van der Waals surface area (Å²) < 4.78 is 112. The molecule has 0 aliphatic carbocycles. The van der Waals surface area contributed by atoms with Crippen molar-refractivity contribution in [3.8, 4) is 16.9 Å². The number of esters is 1. The summed E-state index contributed by atoms with van der Waals surface area (Å²) in [6.45, 7) is 11.5. The molecule has 2 heterocycles. The number of nitrogens with zero attached hydrogens (tertiary/aromatic N) is 3. The van der Waals surface area contributed by atoms with Gasteiger partial charge < -0.3 is 63.2 Å². The second kappa shape index (κ2) is 37.3. The second-order valence-corrected chi connectivity index (χ2v) is 15.9. The van der Waals surface area contributed by atoms with Crippen LogP contribution in [-0.2, 0) is 61.8 Å². The third-order valence-electron chi connectivity index (χ3n) is 10.2. The molecule has 1 aromatic heterocycles. The molecule has 0 unspecified atom stereocenters. The fourth-order valence-electron chi connectivity index (χ4n) is 6.55. The Kier molecular flexibility index (Phi) is 30.8. The maximum atomic E-state index is 13.6. The number of carbonyl (C=O) groups is 3. The summed E-state index contributed by atoms with van der Waals surface area (Å²) in [5.41, 5.74) is 9.96. The van der Waals surface area contributed by atoms with Crippen LogP contribution in [-0.4, -0.2) is 186 Å². The van der Waals surface area contributed by atoms with Crippen LogP contribution in [0.4, 0.5) is 23.2 Å². The van der Waals surface area contributed by atoms with Crippen molar-refractivity contribution >= 4 is 35.4 Å². The van der Waals surface area contributed by atoms with Crippen LogP contribution < -0.4 is 15.8 Å². The molecule has 1 aliphatic heterocycles. The van der Waals surface area contributed by atoms with Gasteiger partial charge in [0.15, 0.2) is 11.6 Å². The lowest BCUT2D eigenvalue weighted by Crippen LogP contribution is -2.34. The largest absolute Gasteiger partial charge is 0.420 e. The quantitative estimate of drug-likeness (QED) is 0.0187. The van der Waals surface area contributed by atoms with E-state index in [1.165, 1.54) is 11.3 Å². The molecule has 416 valence electrons. The molecule has 0 bridgehead atoms. The fraction of sp³-hybridized carbons (Fsp3) is 0.549. The van der Waals surface area contributed by atoms with Gasteiger partial charge in [-0.05, 0) is 37.1 Å². The molecule has 2 amide bonds. The van der Waals surface area contributed by atoms with Gasteiger partial charge in [-0.2, -0.15) is 8.78 Å². The van der Waals surface area contributed by atoms with Crippen molar-refractivity contribution in [1.82, 2.24) is 15.4 Å². The highest BCUT2D eigenvalue weighted by Gasteiger charge is 2.24. The number of amides is 2. The van der Waals surface area contributed by atoms with Crippen molar-refractivity contribution in [2.24, 2.45) is 10.7 Å². The first kappa shape index (κ1) is 62.0. The van der Waals surface area contributed by atoms with E-state index in [1.54, 1.807) is 18.3 Å². The van der Waals surface area contributed by atoms with E-state index in [1.807, 2.05) is 32.0 Å². The number of rotatable bonds is 41. The van der Waals surface area contributed by atoms with Gasteiger partial charge in [-0.15, -0.1) is 0 Å². The molecule has 0 radical (unpaired) electrons. The van der Waals surface area contributed by atoms with Crippen LogP contribution in [0.1, 0.15) is 49.0 Å². The first-order valence-corrected chi connectivity index (χ1v) is 24.7. The van der Waals surface area contributed by atoms with Crippen LogP contribution in [0.5, 0.6) is 5.75 Å². The molecule has 4 rings (SSSR count). The number of benzene rings is 2. The molecule has 0 spiro atoms. The van der Waals surface area contributed by atoms with E-state index in [-0.39, 0.29) is 50.7 Å². The van der Waals surface area contributed by atoms with Crippen LogP contribution in [0.15, 0.2) is 53.3 Å². The Morgan fingerprint density at radius 3 is 1.61 bits per heavy atom. The van der Waals surface area contributed by atoms with E-state index in [4.69, 9.17) is 57.9 Å². The zero-order valence-electron chi connectivity index (χ0n) is 42.6. The number of nitrogens with two attached hydrogens (primary N) is 1. The molecule has 0 fully saturated rings. The minimum absolute atomic E-state index is 0.0139. The van der Waals surface area contributed by atoms with Gasteiger partial charge in [0.2, 0.25) is 17.4 Å². The second-order valence-electron chi connectivity index (χ2n) is 15.9. The number of hydroxylamine groups is 2. The van der Waals surface area contributed by atoms with Gasteiger partial charge in [0.1, 0.15) is 5.84 Å². The standard InChI is InChI=1S/C51H69F4N5O15/c1-3-9-60(74-4-2)51(63)39-30-38-6-5-37(32-44(38)59-45(56)33-39)40-31-41(36-57-35-40)50(62)58-8-11-65-13-15-67-17-19-69-21-23-71-25-27-73-29-28-72-26-24-70-22-20-68-18-16-66-14-12-64-10-7-46(61)75-49-47(54)42(52)34-43(53)48(49)55/h5-6,30-32,34-36H,3-4,7-29,33H2,1-2H3,(H2,56,59)(H,58,62). The molecule has 75 heavy (non-hydrogen) atoms. The number of hydrogen-bond acceptors (Lipinski definition) is 18. The Balaban J connectivity index is 0.871. The molecule has 20 nitrogen and oxygen atoms in total. The average molecular weight is 1070 g/mol. The summed E-state index contributed by atoms with van der Waals surface area (Å²) in [7, 11) is 0. The number of aromatic nitrogens is 1. The van der Waals surface area contributed by atoms with Crippen LogP contribution in [0.25, 0.3) is 17.2 Å². The highest BCUT2D eigenvalue weighted by Crippen LogP contribution is 2.32. The Morgan fingerprint density at radius 2 is 1.12 bits per heavy atom. The first-order chi connectivity index (χ1) is 36.5. The van der Waals surface area contributed by atoms with Gasteiger partial charge in [-0.25, -0.2) is 18.8 Å². The fourth-order valence-corrected chi connectivity index (χ4v) is 6.55. The summed E-state index contributed by atoms with van der Waals surface area (Å²) in [6.07, 6.45) is 5.49. The SMILES string of the molecule is CCCN(OCC)C(=O)C1=Cc2ccc(-c3cncc(C(=O)NCCOCCOCCOCCOCCOCCOCCOCCOCCOCCOCCC(=O)Oc4c(F)c(F)cc(F)c4F)c3)cc2N=C(N)C1. The smallest absolute Gasteiger partial charge is 0.313 e. The van der Waals surface area contributed by atoms with Gasteiger partial charge in [-0.3, -0.25) is 24.2 Å². The van der Waals surface area contributed by atoms with Crippen molar-refractivity contribution in [3.05, 3.63) is 82.7 Å². The predicted octanol–water partition coefficient (Wildman–Crippen LogP) is 5.16. The van der Waals surface area contributed by atoms with Gasteiger partial charge in [0.25, 0.3) is 11.8 Å². The number of pyridine rings is 1. The van der Waals surface area contributed by atoms with Crippen LogP contribution in [0.3, 0.4) is 0 Å². The van der Waals surface area contributed by atoms with E-state index in [0.717, 1.165) is 23.1 Å². The van der Waals surface area contributed by atoms with E-state index in [0.29, 0.717) is 148 Å². The number of nitrogens with one attached hydrogen (secondary N) is 1. The molecule has 3 N–H and O–H groups in total. The number of carbonyl (C=O) groups excluding carboxylic acids is 3. The van der Waals surface area contributed by atoms with Crippen LogP contribution >= 0.6 is 0 Å². The lowest BCUT2D eigenvalue weighted by atomic mass is 10.0. The molecule has 2 aromatic carbocycles. The molecule has 24 heteroatoms. The minimum atomic E-state index is -1.80. The molecule has 0 saturated heterocycles. The summed E-state index contributed by atoms with van der Waals surface area (Å²) in [6, 6.07) is 7.37. The zero-order chi connectivity index (χ0) is 53.9. The van der Waals surface area contributed by atoms with Crippen molar-refractivity contribution in [1.29, 1.82) is 0 Å². The van der Waals surface area contributed by atoms with Gasteiger partial charge in [0.05, 0.1) is 156 Å². The average Bonchev–Trinajstić information content (AvgIpc) is 3.57. The van der Waals surface area contributed by atoms with Crippen molar-refractivity contribution in [2.75, 3.05) is 152 Å². The number of halogens is 4. The minimum Gasteiger partial charge on any atom is -0.420 e. The van der Waals surface area contributed by atoms with Crippen molar-refractivity contribution < 1.29 is 88.9 Å². The Bertz CT molecular complexity index is 2210. The monoisotopic (exact) mass is 1070 g/mol. The summed E-state index contributed by atoms with van der Waals surface area (Å²) in [5, 5.41) is 4.21. The van der Waals surface area contributed by atoms with E-state index < -0.39 is 41.4 Å². The normalized spacial score (nSPS) is 12.2. The molecule has 0 atom stereocenters. The van der Waals surface area contributed by atoms with Crippen molar-refractivity contribution in [3.63, 3.8) is 0 Å². The third-order valence-corrected chi connectivity index (χ3v) is 10.2. The summed E-state index contributed by atoms with van der Waals surface area (Å²) >= 11 is 0. The Morgan fingerprint density at radius 1 is 0.627 bits per heavy atom. The first-order valence-electron chi connectivity index (χ1n) is 24.7. The number of hydrogen-bond donors (Lipinski definition) is 2. The number of fused-ring (bicyclic) bond motifs is 1. The maximum absolute atomic E-state index is 13.6. The molecule has 1 aliphatic rings. The van der Waals surface area contributed by atoms with Crippen LogP contribution in [0, 0.1) is 23.3 Å². The molecule has 3 aromatic rings. The van der Waals surface area contributed by atoms with E-state index in [9.17, 15) is 31.9 Å². The number of ether oxygens (including phenoxy) is 11.